The van der Waals surface area contributed by atoms with Gasteiger partial charge in [0.15, 0.2) is 0 Å². The van der Waals surface area contributed by atoms with Crippen LogP contribution in [0.1, 0.15) is 37.7 Å². The zero-order valence-electron chi connectivity index (χ0n) is 19.2. The first-order valence-electron chi connectivity index (χ1n) is 10.4. The first kappa shape index (κ1) is 26.2. The minimum Gasteiger partial charge on any atom is -0.377 e. The molecule has 2 amide bonds. The fourth-order valence-corrected chi connectivity index (χ4v) is 3.76. The van der Waals surface area contributed by atoms with E-state index in [1.54, 1.807) is 38.1 Å². The lowest BCUT2D eigenvalue weighted by molar-refractivity contribution is 0.101. The highest BCUT2D eigenvalue weighted by molar-refractivity contribution is 6.31. The maximum atomic E-state index is 13.7. The molecule has 0 saturated carbocycles. The molecule has 0 unspecified atom stereocenters. The van der Waals surface area contributed by atoms with Crippen LogP contribution in [-0.4, -0.2) is 28.9 Å². The van der Waals surface area contributed by atoms with Crippen LogP contribution in [0.15, 0.2) is 48.5 Å². The molecule has 0 aliphatic carbocycles. The minimum absolute atomic E-state index is 0. The molecule has 3 N–H and O–H groups in total. The first-order valence-corrected chi connectivity index (χ1v) is 10.8. The van der Waals surface area contributed by atoms with Gasteiger partial charge in [-0.2, -0.15) is 0 Å². The third kappa shape index (κ3) is 5.62. The monoisotopic (exact) mass is 516 g/mol. The Labute approximate surface area is 212 Å². The maximum absolute atomic E-state index is 13.7. The Hall–Kier alpha value is -3.46. The number of fused-ring (bicyclic) bond motifs is 1. The van der Waals surface area contributed by atoms with Crippen LogP contribution in [0.3, 0.4) is 0 Å². The molecule has 182 valence electrons. The number of carbonyl (C=O) groups excluding carboxylic acids is 2. The molecule has 0 saturated heterocycles. The SMILES string of the molecule is COCc1nc2c(C(=O)Nc3cccc(Cl)c3C)cc(NC(=O)c3cc(F)ccc3C)cc2[nH]1.Cl. The van der Waals surface area contributed by atoms with Crippen LogP contribution in [0.2, 0.25) is 5.02 Å². The Kier molecular flexibility index (Phi) is 8.11. The molecule has 10 heteroatoms. The number of carbonyl (C=O) groups is 2. The molecule has 0 aliphatic heterocycles. The van der Waals surface area contributed by atoms with Crippen molar-refractivity contribution in [2.45, 2.75) is 20.5 Å². The molecule has 7 nitrogen and oxygen atoms in total. The van der Waals surface area contributed by atoms with Gasteiger partial charge >= 0.3 is 0 Å². The zero-order chi connectivity index (χ0) is 24.4. The van der Waals surface area contributed by atoms with Crippen molar-refractivity contribution in [3.8, 4) is 0 Å². The number of nitrogens with one attached hydrogen (secondary N) is 3. The first-order chi connectivity index (χ1) is 16.3. The van der Waals surface area contributed by atoms with Gasteiger partial charge in [-0.3, -0.25) is 9.59 Å². The lowest BCUT2D eigenvalue weighted by Gasteiger charge is -2.12. The number of aromatic nitrogens is 2. The molecule has 3 aromatic carbocycles. The average Bonchev–Trinajstić information content (AvgIpc) is 3.20. The lowest BCUT2D eigenvalue weighted by atomic mass is 10.1. The molecule has 0 atom stereocenters. The third-order valence-electron chi connectivity index (χ3n) is 5.38. The third-order valence-corrected chi connectivity index (χ3v) is 5.79. The highest BCUT2D eigenvalue weighted by Gasteiger charge is 2.19. The number of halogens is 3. The van der Waals surface area contributed by atoms with Crippen LogP contribution in [-0.2, 0) is 11.3 Å². The Balaban J connectivity index is 0.00000342. The van der Waals surface area contributed by atoms with Crippen molar-refractivity contribution in [2.75, 3.05) is 17.7 Å². The van der Waals surface area contributed by atoms with Crippen LogP contribution in [0.25, 0.3) is 11.0 Å². The number of anilines is 2. The van der Waals surface area contributed by atoms with E-state index in [9.17, 15) is 14.0 Å². The summed E-state index contributed by atoms with van der Waals surface area (Å²) >= 11 is 6.18. The molecule has 4 rings (SSSR count). The summed E-state index contributed by atoms with van der Waals surface area (Å²) < 4.78 is 18.8. The molecule has 1 heterocycles. The summed E-state index contributed by atoms with van der Waals surface area (Å²) in [4.78, 5) is 33.7. The average molecular weight is 517 g/mol. The van der Waals surface area contributed by atoms with Crippen molar-refractivity contribution in [3.63, 3.8) is 0 Å². The highest BCUT2D eigenvalue weighted by Crippen LogP contribution is 2.27. The van der Waals surface area contributed by atoms with E-state index in [0.29, 0.717) is 38.8 Å². The Morgan fingerprint density at radius 2 is 1.80 bits per heavy atom. The molecule has 0 bridgehead atoms. The Morgan fingerprint density at radius 3 is 2.54 bits per heavy atom. The summed E-state index contributed by atoms with van der Waals surface area (Å²) in [6.07, 6.45) is 0. The van der Waals surface area contributed by atoms with Crippen molar-refractivity contribution < 1.29 is 18.7 Å². The largest absolute Gasteiger partial charge is 0.377 e. The van der Waals surface area contributed by atoms with Crippen LogP contribution < -0.4 is 10.6 Å². The fraction of sp³-hybridized carbons (Fsp3) is 0.160. The summed E-state index contributed by atoms with van der Waals surface area (Å²) in [6, 6.07) is 12.4. The fourth-order valence-electron chi connectivity index (χ4n) is 3.59. The normalized spacial score (nSPS) is 10.7. The number of H-pyrrole nitrogens is 1. The second-order valence-electron chi connectivity index (χ2n) is 7.82. The van der Waals surface area contributed by atoms with Crippen molar-refractivity contribution in [1.82, 2.24) is 9.97 Å². The van der Waals surface area contributed by atoms with Crippen LogP contribution in [0, 0.1) is 19.7 Å². The second kappa shape index (κ2) is 10.9. The zero-order valence-corrected chi connectivity index (χ0v) is 20.7. The number of hydrogen-bond donors (Lipinski definition) is 3. The van der Waals surface area contributed by atoms with Crippen LogP contribution >= 0.6 is 24.0 Å². The van der Waals surface area contributed by atoms with Gasteiger partial charge in [0.25, 0.3) is 11.8 Å². The van der Waals surface area contributed by atoms with Gasteiger partial charge in [-0.05, 0) is 61.4 Å². The predicted molar refractivity (Wildman–Crippen MR) is 137 cm³/mol. The van der Waals surface area contributed by atoms with Crippen molar-refractivity contribution in [2.24, 2.45) is 0 Å². The molecule has 35 heavy (non-hydrogen) atoms. The topological polar surface area (TPSA) is 96.1 Å². The van der Waals surface area contributed by atoms with E-state index in [1.807, 2.05) is 0 Å². The van der Waals surface area contributed by atoms with Gasteiger partial charge in [0.2, 0.25) is 0 Å². The Morgan fingerprint density at radius 1 is 1.06 bits per heavy atom. The number of nitrogens with zero attached hydrogens (tertiary/aromatic N) is 1. The molecule has 1 aromatic heterocycles. The summed E-state index contributed by atoms with van der Waals surface area (Å²) in [5.41, 5.74) is 3.65. The minimum atomic E-state index is -0.513. The van der Waals surface area contributed by atoms with Crippen molar-refractivity contribution >= 4 is 58.2 Å². The summed E-state index contributed by atoms with van der Waals surface area (Å²) in [5, 5.41) is 6.14. The number of aromatic amines is 1. The van der Waals surface area contributed by atoms with E-state index >= 15 is 0 Å². The van der Waals surface area contributed by atoms with Gasteiger partial charge in [-0.1, -0.05) is 23.7 Å². The number of methoxy groups -OCH3 is 1. The van der Waals surface area contributed by atoms with Crippen LogP contribution in [0.5, 0.6) is 0 Å². The molecule has 0 spiro atoms. The summed E-state index contributed by atoms with van der Waals surface area (Å²) in [7, 11) is 1.54. The molecule has 0 radical (unpaired) electrons. The van der Waals surface area contributed by atoms with Gasteiger partial charge < -0.3 is 20.4 Å². The number of rotatable bonds is 6. The van der Waals surface area contributed by atoms with E-state index in [2.05, 4.69) is 20.6 Å². The van der Waals surface area contributed by atoms with Crippen molar-refractivity contribution in [3.05, 3.63) is 87.4 Å². The second-order valence-corrected chi connectivity index (χ2v) is 8.22. The molecular formula is C25H23Cl2FN4O3. The van der Waals surface area contributed by atoms with Crippen molar-refractivity contribution in [1.29, 1.82) is 0 Å². The molecular weight excluding hydrogens is 494 g/mol. The van der Waals surface area contributed by atoms with E-state index < -0.39 is 17.6 Å². The van der Waals surface area contributed by atoms with Crippen LogP contribution in [0.4, 0.5) is 15.8 Å². The maximum Gasteiger partial charge on any atom is 0.258 e. The quantitative estimate of drug-likeness (QED) is 0.290. The van der Waals surface area contributed by atoms with E-state index in [4.69, 9.17) is 16.3 Å². The number of ether oxygens (including phenoxy) is 1. The number of imidazole rings is 1. The van der Waals surface area contributed by atoms with E-state index in [-0.39, 0.29) is 30.1 Å². The lowest BCUT2D eigenvalue weighted by Crippen LogP contribution is -2.16. The standard InChI is InChI=1S/C25H22ClFN4O3.ClH/c1-13-7-8-15(27)9-17(13)24(32)28-16-10-18(23-21(11-16)29-22(31-23)12-34-3)25(33)30-20-6-4-5-19(26)14(20)2;/h4-11H,12H2,1-3H3,(H,28,32)(H,29,31)(H,30,33);1H. The number of amides is 2. The number of hydrogen-bond acceptors (Lipinski definition) is 4. The summed E-state index contributed by atoms with van der Waals surface area (Å²) in [6.45, 7) is 3.74. The van der Waals surface area contributed by atoms with Gasteiger partial charge in [0, 0.05) is 29.1 Å². The molecule has 0 aliphatic rings. The summed E-state index contributed by atoms with van der Waals surface area (Å²) in [5.74, 6) is -0.912. The van der Waals surface area contributed by atoms with E-state index in [1.165, 1.54) is 31.4 Å². The number of benzene rings is 3. The highest BCUT2D eigenvalue weighted by atomic mass is 35.5. The Bertz CT molecular complexity index is 1420. The van der Waals surface area contributed by atoms with Gasteiger partial charge in [-0.15, -0.1) is 12.4 Å². The van der Waals surface area contributed by atoms with Gasteiger partial charge in [-0.25, -0.2) is 9.37 Å². The smallest absolute Gasteiger partial charge is 0.258 e. The number of aryl methyl sites for hydroxylation is 1. The van der Waals surface area contributed by atoms with Gasteiger partial charge in [0.1, 0.15) is 23.8 Å². The van der Waals surface area contributed by atoms with E-state index in [0.717, 1.165) is 5.56 Å². The molecule has 4 aromatic rings. The van der Waals surface area contributed by atoms with Gasteiger partial charge in [0.05, 0.1) is 11.1 Å². The predicted octanol–water partition coefficient (Wildman–Crippen LogP) is 6.05. The molecule has 0 fully saturated rings.